The molecule has 1 atom stereocenters. The van der Waals surface area contributed by atoms with Crippen LogP contribution >= 0.6 is 34.8 Å². The number of anilines is 1. The van der Waals surface area contributed by atoms with Crippen molar-refractivity contribution in [3.8, 4) is 0 Å². The molecule has 1 aliphatic rings. The van der Waals surface area contributed by atoms with Crippen LogP contribution in [0.15, 0.2) is 30.3 Å². The van der Waals surface area contributed by atoms with Crippen LogP contribution in [0.2, 0.25) is 15.1 Å². The lowest BCUT2D eigenvalue weighted by molar-refractivity contribution is -0.137. The third kappa shape index (κ3) is 2.89. The second kappa shape index (κ2) is 5.58. The number of hydrogen-bond acceptors (Lipinski definition) is 1. The van der Waals surface area contributed by atoms with E-state index in [1.54, 1.807) is 0 Å². The molecular weight excluding hydrogens is 374 g/mol. The Balaban J connectivity index is 2.16. The van der Waals surface area contributed by atoms with Crippen molar-refractivity contribution in [2.75, 3.05) is 5.32 Å². The SMILES string of the molecule is O=C1Nc2cc(Cl)cc(Cl)c2C1c1ccc(Cl)c(C(F)(F)F)c1. The van der Waals surface area contributed by atoms with Gasteiger partial charge in [-0.15, -0.1) is 0 Å². The number of amides is 1. The third-order valence-corrected chi connectivity index (χ3v) is 4.39. The fourth-order valence-electron chi connectivity index (χ4n) is 2.58. The summed E-state index contributed by atoms with van der Waals surface area (Å²) in [5.41, 5.74) is -0.0530. The number of rotatable bonds is 1. The summed E-state index contributed by atoms with van der Waals surface area (Å²) in [5, 5.41) is 2.68. The number of benzene rings is 2. The standard InChI is InChI=1S/C15H7Cl3F3NO/c16-7-4-10(18)13-11(5-7)22-14(23)12(13)6-1-2-9(17)8(3-6)15(19,20)21/h1-5,12H,(H,22,23). The zero-order valence-electron chi connectivity index (χ0n) is 11.1. The number of fused-ring (bicyclic) bond motifs is 1. The molecule has 0 bridgehead atoms. The van der Waals surface area contributed by atoms with E-state index in [1.807, 2.05) is 0 Å². The van der Waals surface area contributed by atoms with Crippen molar-refractivity contribution in [1.82, 2.24) is 0 Å². The minimum atomic E-state index is -4.62. The summed E-state index contributed by atoms with van der Waals surface area (Å²) >= 11 is 17.6. The van der Waals surface area contributed by atoms with Crippen LogP contribution in [-0.4, -0.2) is 5.91 Å². The Morgan fingerprint density at radius 1 is 1.00 bits per heavy atom. The molecule has 3 rings (SSSR count). The minimum Gasteiger partial charge on any atom is -0.325 e. The van der Waals surface area contributed by atoms with Crippen LogP contribution in [0.25, 0.3) is 0 Å². The van der Waals surface area contributed by atoms with Crippen LogP contribution in [0.5, 0.6) is 0 Å². The molecule has 2 aromatic carbocycles. The summed E-state index contributed by atoms with van der Waals surface area (Å²) in [6.07, 6.45) is -4.62. The summed E-state index contributed by atoms with van der Waals surface area (Å²) in [6.45, 7) is 0. The fourth-order valence-corrected chi connectivity index (χ4v) is 3.40. The Bertz CT molecular complexity index is 820. The lowest BCUT2D eigenvalue weighted by atomic mass is 9.91. The Hall–Kier alpha value is -1.43. The molecule has 0 saturated heterocycles. The quantitative estimate of drug-likeness (QED) is 0.670. The lowest BCUT2D eigenvalue weighted by Crippen LogP contribution is -2.15. The van der Waals surface area contributed by atoms with E-state index >= 15 is 0 Å². The molecule has 0 saturated carbocycles. The molecule has 120 valence electrons. The van der Waals surface area contributed by atoms with Crippen molar-refractivity contribution >= 4 is 46.4 Å². The van der Waals surface area contributed by atoms with Gasteiger partial charge >= 0.3 is 6.18 Å². The van der Waals surface area contributed by atoms with Crippen molar-refractivity contribution in [2.45, 2.75) is 12.1 Å². The van der Waals surface area contributed by atoms with Crippen molar-refractivity contribution in [3.63, 3.8) is 0 Å². The van der Waals surface area contributed by atoms with Crippen molar-refractivity contribution in [3.05, 3.63) is 62.1 Å². The van der Waals surface area contributed by atoms with Gasteiger partial charge in [0.1, 0.15) is 0 Å². The summed E-state index contributed by atoms with van der Waals surface area (Å²) in [5.74, 6) is -1.42. The molecule has 0 aromatic heterocycles. The van der Waals surface area contributed by atoms with E-state index in [1.165, 1.54) is 18.2 Å². The van der Waals surface area contributed by atoms with Gasteiger partial charge in [0, 0.05) is 21.3 Å². The molecular formula is C15H7Cl3F3NO. The zero-order valence-corrected chi connectivity index (χ0v) is 13.4. The van der Waals surface area contributed by atoms with E-state index in [0.717, 1.165) is 12.1 Å². The molecule has 0 fully saturated rings. The van der Waals surface area contributed by atoms with Gasteiger partial charge in [0.15, 0.2) is 0 Å². The van der Waals surface area contributed by atoms with E-state index in [4.69, 9.17) is 34.8 Å². The molecule has 1 unspecified atom stereocenters. The van der Waals surface area contributed by atoms with Crippen molar-refractivity contribution < 1.29 is 18.0 Å². The number of halogens is 6. The molecule has 0 radical (unpaired) electrons. The Labute approximate surface area is 144 Å². The van der Waals surface area contributed by atoms with E-state index in [0.29, 0.717) is 16.3 Å². The van der Waals surface area contributed by atoms with Crippen molar-refractivity contribution in [1.29, 1.82) is 0 Å². The first-order valence-electron chi connectivity index (χ1n) is 6.35. The molecule has 23 heavy (non-hydrogen) atoms. The van der Waals surface area contributed by atoms with Crippen LogP contribution < -0.4 is 5.32 Å². The first kappa shape index (κ1) is 16.4. The van der Waals surface area contributed by atoms with Gasteiger partial charge in [-0.05, 0) is 29.8 Å². The first-order valence-corrected chi connectivity index (χ1v) is 7.48. The van der Waals surface area contributed by atoms with E-state index < -0.39 is 28.6 Å². The Kier molecular flexibility index (Phi) is 3.99. The maximum atomic E-state index is 13.0. The van der Waals surface area contributed by atoms with Crippen LogP contribution in [0.3, 0.4) is 0 Å². The summed E-state index contributed by atoms with van der Waals surface area (Å²) in [6, 6.07) is 6.31. The number of carbonyl (C=O) groups is 1. The molecule has 2 nitrogen and oxygen atoms in total. The third-order valence-electron chi connectivity index (χ3n) is 3.53. The number of carbonyl (C=O) groups excluding carboxylic acids is 1. The second-order valence-corrected chi connectivity index (χ2v) is 6.26. The summed E-state index contributed by atoms with van der Waals surface area (Å²) in [4.78, 5) is 12.2. The molecule has 1 N–H and O–H groups in total. The van der Waals surface area contributed by atoms with Crippen LogP contribution in [0, 0.1) is 0 Å². The maximum absolute atomic E-state index is 13.0. The predicted molar refractivity (Wildman–Crippen MR) is 83.4 cm³/mol. The summed E-state index contributed by atoms with van der Waals surface area (Å²) < 4.78 is 39.0. The van der Waals surface area contributed by atoms with Crippen LogP contribution in [-0.2, 0) is 11.0 Å². The number of alkyl halides is 3. The molecule has 0 aliphatic carbocycles. The van der Waals surface area contributed by atoms with Crippen molar-refractivity contribution in [2.24, 2.45) is 0 Å². The highest BCUT2D eigenvalue weighted by Gasteiger charge is 2.38. The largest absolute Gasteiger partial charge is 0.417 e. The van der Waals surface area contributed by atoms with E-state index in [9.17, 15) is 18.0 Å². The highest BCUT2D eigenvalue weighted by molar-refractivity contribution is 6.36. The van der Waals surface area contributed by atoms with Gasteiger partial charge in [-0.25, -0.2) is 0 Å². The molecule has 1 amide bonds. The number of hydrogen-bond donors (Lipinski definition) is 1. The fraction of sp³-hybridized carbons (Fsp3) is 0.133. The Morgan fingerprint density at radius 2 is 1.70 bits per heavy atom. The lowest BCUT2D eigenvalue weighted by Gasteiger charge is -2.15. The second-order valence-electron chi connectivity index (χ2n) is 5.01. The van der Waals surface area contributed by atoms with E-state index in [-0.39, 0.29) is 10.6 Å². The smallest absolute Gasteiger partial charge is 0.325 e. The van der Waals surface area contributed by atoms with Crippen LogP contribution in [0.1, 0.15) is 22.6 Å². The van der Waals surface area contributed by atoms with Gasteiger partial charge in [0.2, 0.25) is 5.91 Å². The van der Waals surface area contributed by atoms with Gasteiger partial charge in [-0.1, -0.05) is 40.9 Å². The molecule has 8 heteroatoms. The molecule has 2 aromatic rings. The normalized spacial score (nSPS) is 17.1. The summed E-state index contributed by atoms with van der Waals surface area (Å²) in [7, 11) is 0. The molecule has 1 aliphatic heterocycles. The highest BCUT2D eigenvalue weighted by Crippen LogP contribution is 2.45. The van der Waals surface area contributed by atoms with Gasteiger partial charge < -0.3 is 5.32 Å². The Morgan fingerprint density at radius 3 is 2.35 bits per heavy atom. The highest BCUT2D eigenvalue weighted by atomic mass is 35.5. The van der Waals surface area contributed by atoms with E-state index in [2.05, 4.69) is 5.32 Å². The number of nitrogens with one attached hydrogen (secondary N) is 1. The minimum absolute atomic E-state index is 0.155. The van der Waals surface area contributed by atoms with Gasteiger partial charge in [0.05, 0.1) is 16.5 Å². The van der Waals surface area contributed by atoms with Gasteiger partial charge in [-0.3, -0.25) is 4.79 Å². The van der Waals surface area contributed by atoms with Gasteiger partial charge in [0.25, 0.3) is 0 Å². The monoisotopic (exact) mass is 379 g/mol. The topological polar surface area (TPSA) is 29.1 Å². The predicted octanol–water partition coefficient (Wildman–Crippen LogP) is 5.75. The average molecular weight is 381 g/mol. The first-order chi connectivity index (χ1) is 10.7. The molecule has 0 spiro atoms. The van der Waals surface area contributed by atoms with Crippen LogP contribution in [0.4, 0.5) is 18.9 Å². The molecule has 1 heterocycles. The van der Waals surface area contributed by atoms with Gasteiger partial charge in [-0.2, -0.15) is 13.2 Å². The zero-order chi connectivity index (χ0) is 16.9. The average Bonchev–Trinajstić information content (AvgIpc) is 2.74. The maximum Gasteiger partial charge on any atom is 0.417 e.